The second kappa shape index (κ2) is 7.20. The van der Waals surface area contributed by atoms with Crippen LogP contribution in [-0.2, 0) is 15.6 Å². The van der Waals surface area contributed by atoms with Crippen LogP contribution in [0, 0.1) is 6.92 Å². The molecule has 0 aromatic carbocycles. The number of amides is 1. The maximum atomic E-state index is 11.8. The summed E-state index contributed by atoms with van der Waals surface area (Å²) in [4.78, 5) is 23.5. The molecule has 0 fully saturated rings. The molecule has 1 aromatic heterocycles. The van der Waals surface area contributed by atoms with Gasteiger partial charge in [0, 0.05) is 40.3 Å². The van der Waals surface area contributed by atoms with Crippen molar-refractivity contribution in [1.29, 1.82) is 0 Å². The highest BCUT2D eigenvalue weighted by Gasteiger charge is 2.11. The fourth-order valence-electron chi connectivity index (χ4n) is 1.32. The van der Waals surface area contributed by atoms with Crippen molar-refractivity contribution in [3.8, 4) is 0 Å². The summed E-state index contributed by atoms with van der Waals surface area (Å²) >= 11 is 1.23. The Balaban J connectivity index is 2.69. The highest BCUT2D eigenvalue weighted by Crippen LogP contribution is 2.23. The molecule has 2 N–H and O–H groups in total. The Morgan fingerprint density at radius 3 is 2.79 bits per heavy atom. The summed E-state index contributed by atoms with van der Waals surface area (Å²) in [6.45, 7) is 2.18. The van der Waals surface area contributed by atoms with Crippen LogP contribution in [0.2, 0.25) is 0 Å². The average Bonchev–Trinajstić information content (AvgIpc) is 2.67. The van der Waals surface area contributed by atoms with E-state index in [-0.39, 0.29) is 5.91 Å². The lowest BCUT2D eigenvalue weighted by Crippen LogP contribution is -2.26. The van der Waals surface area contributed by atoms with Gasteiger partial charge in [-0.05, 0) is 24.6 Å². The van der Waals surface area contributed by atoms with Crippen molar-refractivity contribution < 1.29 is 18.9 Å². The van der Waals surface area contributed by atoms with E-state index in [0.717, 1.165) is 16.5 Å². The number of carbonyl (C=O) groups is 2. The van der Waals surface area contributed by atoms with Crippen LogP contribution in [0.4, 0.5) is 0 Å². The molecule has 1 aromatic rings. The first-order valence-corrected chi connectivity index (χ1v) is 8.04. The number of carboxylic acids is 1. The van der Waals surface area contributed by atoms with E-state index in [1.807, 2.05) is 6.92 Å². The van der Waals surface area contributed by atoms with E-state index in [1.165, 1.54) is 17.4 Å². The molecule has 0 saturated heterocycles. The van der Waals surface area contributed by atoms with Crippen LogP contribution >= 0.6 is 11.3 Å². The molecule has 0 aliphatic heterocycles. The van der Waals surface area contributed by atoms with E-state index in [2.05, 4.69) is 5.32 Å². The van der Waals surface area contributed by atoms with Crippen LogP contribution in [0.25, 0.3) is 6.08 Å². The van der Waals surface area contributed by atoms with Gasteiger partial charge in [0.1, 0.15) is 0 Å². The minimum absolute atomic E-state index is 0.228. The fraction of sp³-hybridized carbons (Fsp3) is 0.333. The second-order valence-corrected chi connectivity index (χ2v) is 6.50. The minimum atomic E-state index is -1.02. The summed E-state index contributed by atoms with van der Waals surface area (Å²) < 4.78 is 10.9. The zero-order valence-corrected chi connectivity index (χ0v) is 12.3. The first-order valence-electron chi connectivity index (χ1n) is 5.50. The Morgan fingerprint density at radius 2 is 2.21 bits per heavy atom. The van der Waals surface area contributed by atoms with Gasteiger partial charge in [-0.3, -0.25) is 9.00 Å². The summed E-state index contributed by atoms with van der Waals surface area (Å²) in [5.74, 6) is -0.834. The molecule has 1 atom stereocenters. The second-order valence-electron chi connectivity index (χ2n) is 3.86. The van der Waals surface area contributed by atoms with Gasteiger partial charge in [-0.1, -0.05) is 0 Å². The first kappa shape index (κ1) is 15.6. The van der Waals surface area contributed by atoms with Gasteiger partial charge in [-0.15, -0.1) is 11.3 Å². The predicted octanol–water partition coefficient (Wildman–Crippen LogP) is 1.26. The molecule has 0 aliphatic carbocycles. The predicted molar refractivity (Wildman–Crippen MR) is 77.0 cm³/mol. The highest BCUT2D eigenvalue weighted by atomic mass is 32.2. The first-order chi connectivity index (χ1) is 8.90. The van der Waals surface area contributed by atoms with Crippen LogP contribution in [0.15, 0.2) is 12.1 Å². The van der Waals surface area contributed by atoms with Crippen molar-refractivity contribution in [2.24, 2.45) is 0 Å². The maximum absolute atomic E-state index is 11.8. The highest BCUT2D eigenvalue weighted by molar-refractivity contribution is 7.84. The van der Waals surface area contributed by atoms with Crippen molar-refractivity contribution in [2.75, 3.05) is 18.6 Å². The van der Waals surface area contributed by atoms with Crippen LogP contribution in [-0.4, -0.2) is 39.7 Å². The quantitative estimate of drug-likeness (QED) is 0.775. The molecular formula is C12H15NO4S2. The lowest BCUT2D eigenvalue weighted by molar-refractivity contribution is -0.131. The Hall–Kier alpha value is -1.47. The van der Waals surface area contributed by atoms with E-state index in [0.29, 0.717) is 17.2 Å². The van der Waals surface area contributed by atoms with Gasteiger partial charge < -0.3 is 10.4 Å². The lowest BCUT2D eigenvalue weighted by Gasteiger charge is -2.00. The van der Waals surface area contributed by atoms with Crippen molar-refractivity contribution in [1.82, 2.24) is 5.32 Å². The lowest BCUT2D eigenvalue weighted by atomic mass is 10.2. The molecule has 1 unspecified atom stereocenters. The number of thiophene rings is 1. The third-order valence-electron chi connectivity index (χ3n) is 2.23. The topological polar surface area (TPSA) is 83.5 Å². The Labute approximate surface area is 117 Å². The van der Waals surface area contributed by atoms with Crippen LogP contribution < -0.4 is 5.32 Å². The molecule has 0 bridgehead atoms. The molecule has 7 heteroatoms. The van der Waals surface area contributed by atoms with E-state index in [9.17, 15) is 13.8 Å². The summed E-state index contributed by atoms with van der Waals surface area (Å²) in [5.41, 5.74) is 0.853. The third-order valence-corrected chi connectivity index (χ3v) is 4.21. The largest absolute Gasteiger partial charge is 0.478 e. The van der Waals surface area contributed by atoms with Crippen LogP contribution in [0.3, 0.4) is 0 Å². The van der Waals surface area contributed by atoms with Crippen LogP contribution in [0.1, 0.15) is 20.1 Å². The number of rotatable bonds is 6. The summed E-state index contributed by atoms with van der Waals surface area (Å²) in [6.07, 6.45) is 4.09. The fourth-order valence-corrected chi connectivity index (χ4v) is 2.70. The number of hydrogen-bond acceptors (Lipinski definition) is 4. The smallest absolute Gasteiger partial charge is 0.328 e. The molecule has 0 aliphatic rings. The average molecular weight is 301 g/mol. The van der Waals surface area contributed by atoms with Gasteiger partial charge in [-0.25, -0.2) is 4.79 Å². The molecular weight excluding hydrogens is 286 g/mol. The Kier molecular flexibility index (Phi) is 5.91. The normalized spacial score (nSPS) is 12.5. The zero-order valence-electron chi connectivity index (χ0n) is 10.6. The molecule has 5 nitrogen and oxygen atoms in total. The van der Waals surface area contributed by atoms with Gasteiger partial charge in [-0.2, -0.15) is 0 Å². The Morgan fingerprint density at radius 1 is 1.53 bits per heavy atom. The number of aryl methyl sites for hydroxylation is 1. The SMILES string of the molecule is Cc1cc(C(=O)NCCS(C)=O)sc1/C=C/C(=O)O. The molecule has 0 saturated carbocycles. The van der Waals surface area contributed by atoms with Gasteiger partial charge in [0.05, 0.1) is 4.88 Å². The molecule has 19 heavy (non-hydrogen) atoms. The number of nitrogens with one attached hydrogen (secondary N) is 1. The van der Waals surface area contributed by atoms with Crippen molar-refractivity contribution in [3.63, 3.8) is 0 Å². The van der Waals surface area contributed by atoms with E-state index < -0.39 is 16.8 Å². The summed E-state index contributed by atoms with van der Waals surface area (Å²) in [5, 5.41) is 11.2. The molecule has 104 valence electrons. The van der Waals surface area contributed by atoms with Gasteiger partial charge >= 0.3 is 5.97 Å². The van der Waals surface area contributed by atoms with Crippen LogP contribution in [0.5, 0.6) is 0 Å². The van der Waals surface area contributed by atoms with E-state index in [4.69, 9.17) is 5.11 Å². The van der Waals surface area contributed by atoms with E-state index in [1.54, 1.807) is 12.3 Å². The van der Waals surface area contributed by atoms with Gasteiger partial charge in [0.2, 0.25) is 0 Å². The maximum Gasteiger partial charge on any atom is 0.328 e. The number of carboxylic acid groups (broad SMARTS) is 1. The molecule has 1 amide bonds. The van der Waals surface area contributed by atoms with Gasteiger partial charge in [0.25, 0.3) is 5.91 Å². The van der Waals surface area contributed by atoms with Crippen molar-refractivity contribution in [3.05, 3.63) is 27.5 Å². The Bertz CT molecular complexity index is 534. The van der Waals surface area contributed by atoms with Crippen molar-refractivity contribution >= 4 is 40.1 Å². The summed E-state index contributed by atoms with van der Waals surface area (Å²) in [6, 6.07) is 1.71. The monoisotopic (exact) mass is 301 g/mol. The van der Waals surface area contributed by atoms with Crippen molar-refractivity contribution in [2.45, 2.75) is 6.92 Å². The number of hydrogen-bond donors (Lipinski definition) is 2. The molecule has 0 radical (unpaired) electrons. The molecule has 0 spiro atoms. The molecule has 1 heterocycles. The standard InChI is InChI=1S/C12H15NO4S2/c1-8-7-10(12(16)13-5-6-19(2)17)18-9(8)3-4-11(14)15/h3-4,7H,5-6H2,1-2H3,(H,13,16)(H,14,15)/b4-3+. The van der Waals surface area contributed by atoms with E-state index >= 15 is 0 Å². The number of carbonyl (C=O) groups excluding carboxylic acids is 1. The third kappa shape index (κ3) is 5.35. The summed E-state index contributed by atoms with van der Waals surface area (Å²) in [7, 11) is -0.934. The van der Waals surface area contributed by atoms with Gasteiger partial charge in [0.15, 0.2) is 0 Å². The molecule has 1 rings (SSSR count). The number of aliphatic carboxylic acids is 1. The zero-order chi connectivity index (χ0) is 14.4. The minimum Gasteiger partial charge on any atom is -0.478 e.